The van der Waals surface area contributed by atoms with E-state index in [1.54, 1.807) is 7.11 Å². The van der Waals surface area contributed by atoms with Crippen molar-refractivity contribution >= 4 is 40.2 Å². The molecule has 122 valence electrons. The number of halogens is 1. The number of ether oxygens (including phenoxy) is 2. The third kappa shape index (κ3) is 7.71. The summed E-state index contributed by atoms with van der Waals surface area (Å²) in [5.41, 5.74) is 0.755. The van der Waals surface area contributed by atoms with E-state index in [9.17, 15) is 9.59 Å². The van der Waals surface area contributed by atoms with Crippen LogP contribution in [0.15, 0.2) is 24.3 Å². The molecular formula is C15H21IN2O4. The maximum absolute atomic E-state index is 12.1. The van der Waals surface area contributed by atoms with Crippen LogP contribution in [0.1, 0.15) is 6.42 Å². The SMILES string of the molecule is COCCN(CCC(=O)OC)CC(=O)Nc1ccc(I)cc1. The van der Waals surface area contributed by atoms with Gasteiger partial charge in [0.05, 0.1) is 26.7 Å². The Morgan fingerprint density at radius 3 is 2.45 bits per heavy atom. The van der Waals surface area contributed by atoms with E-state index in [1.807, 2.05) is 29.2 Å². The quantitative estimate of drug-likeness (QED) is 0.487. The molecule has 0 aliphatic carbocycles. The predicted molar refractivity (Wildman–Crippen MR) is 92.7 cm³/mol. The second-order valence-corrected chi connectivity index (χ2v) is 5.90. The first-order valence-corrected chi connectivity index (χ1v) is 7.96. The van der Waals surface area contributed by atoms with Gasteiger partial charge in [-0.2, -0.15) is 0 Å². The molecule has 0 bridgehead atoms. The fourth-order valence-corrected chi connectivity index (χ4v) is 2.14. The maximum Gasteiger partial charge on any atom is 0.306 e. The molecule has 6 nitrogen and oxygen atoms in total. The van der Waals surface area contributed by atoms with Crippen molar-refractivity contribution in [1.82, 2.24) is 4.90 Å². The maximum atomic E-state index is 12.1. The summed E-state index contributed by atoms with van der Waals surface area (Å²) in [6, 6.07) is 7.56. The Morgan fingerprint density at radius 1 is 1.18 bits per heavy atom. The first kappa shape index (κ1) is 18.9. The van der Waals surface area contributed by atoms with Crippen LogP contribution in [-0.4, -0.2) is 57.2 Å². The Morgan fingerprint density at radius 2 is 1.86 bits per heavy atom. The Hall–Kier alpha value is -1.19. The molecule has 1 N–H and O–H groups in total. The second-order valence-electron chi connectivity index (χ2n) is 4.65. The molecule has 1 amide bonds. The minimum Gasteiger partial charge on any atom is -0.469 e. The normalized spacial score (nSPS) is 10.5. The molecule has 0 saturated carbocycles. The molecule has 22 heavy (non-hydrogen) atoms. The molecule has 0 aromatic heterocycles. The highest BCUT2D eigenvalue weighted by Gasteiger charge is 2.13. The lowest BCUT2D eigenvalue weighted by Crippen LogP contribution is -2.37. The van der Waals surface area contributed by atoms with Crippen LogP contribution >= 0.6 is 22.6 Å². The molecule has 0 aliphatic heterocycles. The fraction of sp³-hybridized carbons (Fsp3) is 0.467. The molecular weight excluding hydrogens is 399 g/mol. The zero-order valence-corrected chi connectivity index (χ0v) is 15.0. The van der Waals surface area contributed by atoms with Gasteiger partial charge < -0.3 is 14.8 Å². The number of rotatable bonds is 9. The van der Waals surface area contributed by atoms with E-state index in [1.165, 1.54) is 7.11 Å². The summed E-state index contributed by atoms with van der Waals surface area (Å²) in [7, 11) is 2.95. The standard InChI is InChI=1S/C15H21IN2O4/c1-21-10-9-18(8-7-15(20)22-2)11-14(19)17-13-5-3-12(16)4-6-13/h3-6H,7-11H2,1-2H3,(H,17,19). The molecule has 0 fully saturated rings. The third-order valence-electron chi connectivity index (χ3n) is 2.97. The Balaban J connectivity index is 2.49. The zero-order valence-electron chi connectivity index (χ0n) is 12.8. The summed E-state index contributed by atoms with van der Waals surface area (Å²) in [6.07, 6.45) is 0.247. The van der Waals surface area contributed by atoms with E-state index in [0.29, 0.717) is 19.7 Å². The van der Waals surface area contributed by atoms with Crippen LogP contribution < -0.4 is 5.32 Å². The van der Waals surface area contributed by atoms with Crippen LogP contribution in [0.4, 0.5) is 5.69 Å². The number of nitrogens with zero attached hydrogens (tertiary/aromatic N) is 1. The van der Waals surface area contributed by atoms with Crippen molar-refractivity contribution in [1.29, 1.82) is 0 Å². The number of carbonyl (C=O) groups excluding carboxylic acids is 2. The summed E-state index contributed by atoms with van der Waals surface area (Å²) < 4.78 is 10.8. The van der Waals surface area contributed by atoms with Gasteiger partial charge in [0.1, 0.15) is 0 Å². The third-order valence-corrected chi connectivity index (χ3v) is 3.69. The van der Waals surface area contributed by atoms with Crippen LogP contribution in [0.3, 0.4) is 0 Å². The zero-order chi connectivity index (χ0) is 16.4. The van der Waals surface area contributed by atoms with Crippen molar-refractivity contribution in [2.45, 2.75) is 6.42 Å². The number of amides is 1. The van der Waals surface area contributed by atoms with Gasteiger partial charge in [0, 0.05) is 29.5 Å². The summed E-state index contributed by atoms with van der Waals surface area (Å²) in [6.45, 7) is 1.73. The Kier molecular flexibility index (Phi) is 9.02. The summed E-state index contributed by atoms with van der Waals surface area (Å²) in [4.78, 5) is 25.2. The molecule has 0 spiro atoms. The number of hydrogen-bond acceptors (Lipinski definition) is 5. The average molecular weight is 420 g/mol. The van der Waals surface area contributed by atoms with Crippen molar-refractivity contribution in [3.63, 3.8) is 0 Å². The molecule has 0 unspecified atom stereocenters. The van der Waals surface area contributed by atoms with E-state index < -0.39 is 0 Å². The van der Waals surface area contributed by atoms with Gasteiger partial charge in [-0.15, -0.1) is 0 Å². The lowest BCUT2D eigenvalue weighted by molar-refractivity contribution is -0.141. The summed E-state index contributed by atoms with van der Waals surface area (Å²) in [5, 5.41) is 2.84. The topological polar surface area (TPSA) is 67.9 Å². The second kappa shape index (κ2) is 10.5. The molecule has 1 aromatic carbocycles. The minimum absolute atomic E-state index is 0.123. The van der Waals surface area contributed by atoms with Crippen molar-refractivity contribution in [2.24, 2.45) is 0 Å². The van der Waals surface area contributed by atoms with Gasteiger partial charge >= 0.3 is 5.97 Å². The lowest BCUT2D eigenvalue weighted by Gasteiger charge is -2.20. The number of benzene rings is 1. The Bertz CT molecular complexity index is 479. The number of nitrogens with one attached hydrogen (secondary N) is 1. The molecule has 0 heterocycles. The first-order valence-electron chi connectivity index (χ1n) is 6.88. The van der Waals surface area contributed by atoms with Crippen LogP contribution in [0, 0.1) is 3.57 Å². The van der Waals surface area contributed by atoms with Gasteiger partial charge in [-0.25, -0.2) is 0 Å². The van der Waals surface area contributed by atoms with Gasteiger partial charge in [0.15, 0.2) is 0 Å². The van der Waals surface area contributed by atoms with Crippen molar-refractivity contribution in [2.75, 3.05) is 45.8 Å². The number of carbonyl (C=O) groups is 2. The van der Waals surface area contributed by atoms with Gasteiger partial charge in [-0.3, -0.25) is 14.5 Å². The molecule has 0 saturated heterocycles. The van der Waals surface area contributed by atoms with Crippen molar-refractivity contribution < 1.29 is 19.1 Å². The molecule has 1 rings (SSSR count). The smallest absolute Gasteiger partial charge is 0.306 e. The fourth-order valence-electron chi connectivity index (χ4n) is 1.78. The molecule has 0 atom stereocenters. The van der Waals surface area contributed by atoms with Crippen molar-refractivity contribution in [3.05, 3.63) is 27.8 Å². The monoisotopic (exact) mass is 420 g/mol. The number of hydrogen-bond donors (Lipinski definition) is 1. The van der Waals surface area contributed by atoms with E-state index in [2.05, 4.69) is 32.6 Å². The van der Waals surface area contributed by atoms with E-state index in [4.69, 9.17) is 4.74 Å². The Labute approximate surface area is 144 Å². The predicted octanol–water partition coefficient (Wildman–Crippen LogP) is 1.74. The van der Waals surface area contributed by atoms with E-state index in [-0.39, 0.29) is 24.8 Å². The molecule has 7 heteroatoms. The highest BCUT2D eigenvalue weighted by molar-refractivity contribution is 14.1. The highest BCUT2D eigenvalue weighted by Crippen LogP contribution is 2.11. The number of esters is 1. The largest absolute Gasteiger partial charge is 0.469 e. The molecule has 0 aliphatic rings. The van der Waals surface area contributed by atoms with Gasteiger partial charge in [0.2, 0.25) is 5.91 Å². The van der Waals surface area contributed by atoms with Crippen LogP contribution in [0.5, 0.6) is 0 Å². The number of methoxy groups -OCH3 is 2. The van der Waals surface area contributed by atoms with Gasteiger partial charge in [-0.1, -0.05) is 0 Å². The summed E-state index contributed by atoms with van der Waals surface area (Å²) >= 11 is 2.21. The van der Waals surface area contributed by atoms with E-state index in [0.717, 1.165) is 9.26 Å². The first-order chi connectivity index (χ1) is 10.5. The lowest BCUT2D eigenvalue weighted by atomic mass is 10.3. The highest BCUT2D eigenvalue weighted by atomic mass is 127. The van der Waals surface area contributed by atoms with Crippen molar-refractivity contribution in [3.8, 4) is 0 Å². The van der Waals surface area contributed by atoms with E-state index >= 15 is 0 Å². The average Bonchev–Trinajstić information content (AvgIpc) is 2.51. The number of anilines is 1. The summed E-state index contributed by atoms with van der Waals surface area (Å²) in [5.74, 6) is -0.414. The minimum atomic E-state index is -0.291. The van der Waals surface area contributed by atoms with Gasteiger partial charge in [0.25, 0.3) is 0 Å². The van der Waals surface area contributed by atoms with Crippen LogP contribution in [0.2, 0.25) is 0 Å². The van der Waals surface area contributed by atoms with Gasteiger partial charge in [-0.05, 0) is 46.9 Å². The van der Waals surface area contributed by atoms with Crippen LogP contribution in [0.25, 0.3) is 0 Å². The molecule has 1 aromatic rings. The molecule has 0 radical (unpaired) electrons. The van der Waals surface area contributed by atoms with Crippen LogP contribution in [-0.2, 0) is 19.1 Å².